The molecule has 1 fully saturated rings. The summed E-state index contributed by atoms with van der Waals surface area (Å²) in [5.41, 5.74) is 1.83. The van der Waals surface area contributed by atoms with Gasteiger partial charge in [-0.2, -0.15) is 8.42 Å². The van der Waals surface area contributed by atoms with Gasteiger partial charge in [0.1, 0.15) is 6.04 Å². The van der Waals surface area contributed by atoms with Gasteiger partial charge in [0.05, 0.1) is 22.6 Å². The monoisotopic (exact) mass is 456 g/mol. The first-order valence-electron chi connectivity index (χ1n) is 9.98. The highest BCUT2D eigenvalue weighted by Crippen LogP contribution is 2.28. The van der Waals surface area contributed by atoms with Crippen LogP contribution in [0.15, 0.2) is 47.4 Å². The molecule has 0 radical (unpaired) electrons. The van der Waals surface area contributed by atoms with Crippen molar-refractivity contribution in [3.05, 3.63) is 64.7 Å². The SMILES string of the molecule is Cc1ccc(S(=O)(=O)OCCc2ccc3c(c2)C(=O)N(C2CCC(=O)NC2=O)C3=O)cc1. The Morgan fingerprint density at radius 1 is 1.00 bits per heavy atom. The molecule has 0 saturated carbocycles. The third-order valence-electron chi connectivity index (χ3n) is 5.44. The molecule has 0 aliphatic carbocycles. The van der Waals surface area contributed by atoms with Crippen LogP contribution in [0, 0.1) is 6.92 Å². The van der Waals surface area contributed by atoms with Crippen LogP contribution >= 0.6 is 0 Å². The van der Waals surface area contributed by atoms with Gasteiger partial charge in [-0.1, -0.05) is 23.8 Å². The number of amides is 4. The molecule has 1 unspecified atom stereocenters. The molecule has 2 aliphatic rings. The fraction of sp³-hybridized carbons (Fsp3) is 0.273. The van der Waals surface area contributed by atoms with E-state index >= 15 is 0 Å². The average molecular weight is 456 g/mol. The molecule has 2 aromatic carbocycles. The van der Waals surface area contributed by atoms with E-state index in [-0.39, 0.29) is 41.9 Å². The predicted octanol–water partition coefficient (Wildman–Crippen LogP) is 1.34. The van der Waals surface area contributed by atoms with E-state index in [1.54, 1.807) is 18.2 Å². The number of piperidine rings is 1. The highest BCUT2D eigenvalue weighted by molar-refractivity contribution is 7.86. The third kappa shape index (κ3) is 4.06. The predicted molar refractivity (Wildman–Crippen MR) is 111 cm³/mol. The summed E-state index contributed by atoms with van der Waals surface area (Å²) in [5, 5.41) is 2.15. The van der Waals surface area contributed by atoms with Crippen LogP contribution in [0.5, 0.6) is 0 Å². The van der Waals surface area contributed by atoms with E-state index in [2.05, 4.69) is 5.32 Å². The quantitative estimate of drug-likeness (QED) is 0.513. The Hall–Kier alpha value is -3.37. The van der Waals surface area contributed by atoms with Crippen molar-refractivity contribution in [2.24, 2.45) is 0 Å². The fourth-order valence-electron chi connectivity index (χ4n) is 3.72. The van der Waals surface area contributed by atoms with E-state index in [0.717, 1.165) is 10.5 Å². The van der Waals surface area contributed by atoms with Crippen LogP contribution in [0.25, 0.3) is 0 Å². The minimum atomic E-state index is -3.91. The molecule has 2 aromatic rings. The average Bonchev–Trinajstić information content (AvgIpc) is 2.98. The maximum atomic E-state index is 12.8. The molecule has 0 spiro atoms. The van der Waals surface area contributed by atoms with E-state index < -0.39 is 39.8 Å². The van der Waals surface area contributed by atoms with Crippen molar-refractivity contribution in [1.29, 1.82) is 0 Å². The lowest BCUT2D eigenvalue weighted by atomic mass is 10.0. The lowest BCUT2D eigenvalue weighted by molar-refractivity contribution is -0.136. The molecule has 4 amide bonds. The van der Waals surface area contributed by atoms with Crippen molar-refractivity contribution < 1.29 is 31.8 Å². The number of hydrogen-bond acceptors (Lipinski definition) is 7. The number of rotatable bonds is 6. The summed E-state index contributed by atoms with van der Waals surface area (Å²) in [7, 11) is -3.91. The summed E-state index contributed by atoms with van der Waals surface area (Å²) in [6, 6.07) is 9.84. The normalized spacial score (nSPS) is 18.7. The van der Waals surface area contributed by atoms with Gasteiger partial charge in [-0.3, -0.25) is 33.6 Å². The van der Waals surface area contributed by atoms with Gasteiger partial charge >= 0.3 is 0 Å². The zero-order valence-corrected chi connectivity index (χ0v) is 18.0. The van der Waals surface area contributed by atoms with Crippen molar-refractivity contribution >= 4 is 33.7 Å². The molecule has 1 N–H and O–H groups in total. The van der Waals surface area contributed by atoms with Crippen LogP contribution in [0.1, 0.15) is 44.7 Å². The lowest BCUT2D eigenvalue weighted by Gasteiger charge is -2.27. The van der Waals surface area contributed by atoms with Crippen LogP contribution in [0.4, 0.5) is 0 Å². The van der Waals surface area contributed by atoms with Crippen molar-refractivity contribution in [2.75, 3.05) is 6.61 Å². The number of fused-ring (bicyclic) bond motifs is 1. The van der Waals surface area contributed by atoms with E-state index in [1.807, 2.05) is 6.92 Å². The first kappa shape index (κ1) is 21.8. The summed E-state index contributed by atoms with van der Waals surface area (Å²) in [6.45, 7) is 1.70. The van der Waals surface area contributed by atoms with Gasteiger partial charge < -0.3 is 0 Å². The molecule has 1 saturated heterocycles. The zero-order chi connectivity index (χ0) is 23.0. The van der Waals surface area contributed by atoms with Crippen molar-refractivity contribution in [3.8, 4) is 0 Å². The summed E-state index contributed by atoms with van der Waals surface area (Å²) in [6.07, 6.45) is 0.313. The Morgan fingerprint density at radius 3 is 2.38 bits per heavy atom. The molecule has 166 valence electrons. The van der Waals surface area contributed by atoms with Gasteiger partial charge in [-0.25, -0.2) is 0 Å². The van der Waals surface area contributed by atoms with E-state index in [1.165, 1.54) is 24.3 Å². The summed E-state index contributed by atoms with van der Waals surface area (Å²) in [4.78, 5) is 50.0. The van der Waals surface area contributed by atoms with Crippen LogP contribution in [-0.4, -0.2) is 49.6 Å². The zero-order valence-electron chi connectivity index (χ0n) is 17.2. The van der Waals surface area contributed by atoms with Crippen LogP contribution in [-0.2, 0) is 30.3 Å². The van der Waals surface area contributed by atoms with Gasteiger partial charge in [-0.15, -0.1) is 0 Å². The minimum Gasteiger partial charge on any atom is -0.295 e. The van der Waals surface area contributed by atoms with Gasteiger partial charge in [0, 0.05) is 6.42 Å². The van der Waals surface area contributed by atoms with Crippen LogP contribution in [0.3, 0.4) is 0 Å². The highest BCUT2D eigenvalue weighted by Gasteiger charge is 2.44. The molecule has 2 aliphatic heterocycles. The number of aryl methyl sites for hydroxylation is 1. The maximum Gasteiger partial charge on any atom is 0.296 e. The Bertz CT molecular complexity index is 1240. The summed E-state index contributed by atoms with van der Waals surface area (Å²) >= 11 is 0. The van der Waals surface area contributed by atoms with E-state index in [4.69, 9.17) is 4.18 Å². The topological polar surface area (TPSA) is 127 Å². The molecule has 0 aromatic heterocycles. The molecule has 32 heavy (non-hydrogen) atoms. The number of imide groups is 2. The molecular formula is C22H20N2O7S. The molecule has 2 heterocycles. The van der Waals surface area contributed by atoms with E-state index in [9.17, 15) is 27.6 Å². The molecule has 0 bridgehead atoms. The van der Waals surface area contributed by atoms with Gasteiger partial charge in [0.15, 0.2) is 0 Å². The minimum absolute atomic E-state index is 0.0435. The second-order valence-electron chi connectivity index (χ2n) is 7.67. The Labute approximate surface area is 184 Å². The van der Waals surface area contributed by atoms with Gasteiger partial charge in [0.25, 0.3) is 21.9 Å². The number of nitrogens with one attached hydrogen (secondary N) is 1. The number of nitrogens with zero attached hydrogens (tertiary/aromatic N) is 1. The second kappa shape index (κ2) is 8.29. The number of hydrogen-bond donors (Lipinski definition) is 1. The summed E-state index contributed by atoms with van der Waals surface area (Å²) in [5.74, 6) is -2.32. The van der Waals surface area contributed by atoms with Gasteiger partial charge in [0.2, 0.25) is 11.8 Å². The largest absolute Gasteiger partial charge is 0.296 e. The Balaban J connectivity index is 1.45. The third-order valence-corrected chi connectivity index (χ3v) is 6.77. The molecule has 4 rings (SSSR count). The number of carbonyl (C=O) groups excluding carboxylic acids is 4. The Morgan fingerprint density at radius 2 is 1.69 bits per heavy atom. The molecule has 10 heteroatoms. The fourth-order valence-corrected chi connectivity index (χ4v) is 4.62. The van der Waals surface area contributed by atoms with Crippen molar-refractivity contribution in [3.63, 3.8) is 0 Å². The maximum absolute atomic E-state index is 12.8. The molecule has 1 atom stereocenters. The van der Waals surface area contributed by atoms with Gasteiger partial charge in [-0.05, 0) is 49.6 Å². The number of benzene rings is 2. The van der Waals surface area contributed by atoms with Crippen LogP contribution in [0.2, 0.25) is 0 Å². The highest BCUT2D eigenvalue weighted by atomic mass is 32.2. The lowest BCUT2D eigenvalue weighted by Crippen LogP contribution is -2.54. The van der Waals surface area contributed by atoms with Crippen molar-refractivity contribution in [2.45, 2.75) is 37.1 Å². The van der Waals surface area contributed by atoms with Crippen molar-refractivity contribution in [1.82, 2.24) is 10.2 Å². The number of carbonyl (C=O) groups is 4. The second-order valence-corrected chi connectivity index (χ2v) is 9.28. The standard InChI is InChI=1S/C22H20N2O7S/c1-13-2-5-15(6-3-13)32(29,30)31-11-10-14-4-7-16-17(12-14)22(28)24(21(16)27)18-8-9-19(25)23-20(18)26/h2-7,12,18H,8-11H2,1H3,(H,23,25,26). The molecular weight excluding hydrogens is 436 g/mol. The first-order valence-corrected chi connectivity index (χ1v) is 11.4. The first-order chi connectivity index (χ1) is 15.2. The Kier molecular flexibility index (Phi) is 5.66. The van der Waals surface area contributed by atoms with Crippen LogP contribution < -0.4 is 5.32 Å². The summed E-state index contributed by atoms with van der Waals surface area (Å²) < 4.78 is 29.7. The molecule has 9 nitrogen and oxygen atoms in total. The smallest absolute Gasteiger partial charge is 0.295 e. The van der Waals surface area contributed by atoms with E-state index in [0.29, 0.717) is 5.56 Å².